The number of carbonyl (C=O) groups excluding carboxylic acids is 1. The number of hydrogen-bond acceptors (Lipinski definition) is 6. The molecule has 1 saturated heterocycles. The van der Waals surface area contributed by atoms with Crippen LogP contribution in [-0.2, 0) is 10.0 Å². The number of amides is 1. The molecule has 1 heterocycles. The third-order valence-electron chi connectivity index (χ3n) is 4.44. The summed E-state index contributed by atoms with van der Waals surface area (Å²) in [6, 6.07) is 9.52. The minimum absolute atomic E-state index is 0.0352. The summed E-state index contributed by atoms with van der Waals surface area (Å²) in [5.74, 6) is -0.350. The molecule has 28 heavy (non-hydrogen) atoms. The van der Waals surface area contributed by atoms with Crippen LogP contribution < -0.4 is 10.1 Å². The molecule has 148 valence electrons. The fourth-order valence-corrected chi connectivity index (χ4v) is 4.54. The van der Waals surface area contributed by atoms with Crippen LogP contribution in [0.2, 0.25) is 0 Å². The van der Waals surface area contributed by atoms with Crippen LogP contribution in [-0.4, -0.2) is 43.8 Å². The Bertz CT molecular complexity index is 1020. The van der Waals surface area contributed by atoms with Gasteiger partial charge in [0.15, 0.2) is 0 Å². The van der Waals surface area contributed by atoms with E-state index in [0.717, 1.165) is 12.8 Å². The third kappa shape index (κ3) is 3.97. The van der Waals surface area contributed by atoms with Gasteiger partial charge in [0.2, 0.25) is 10.0 Å². The first kappa shape index (κ1) is 19.8. The molecule has 1 N–H and O–H groups in total. The van der Waals surface area contributed by atoms with Gasteiger partial charge in [-0.1, -0.05) is 6.07 Å². The maximum Gasteiger partial charge on any atom is 0.271 e. The number of anilines is 1. The van der Waals surface area contributed by atoms with E-state index >= 15 is 0 Å². The van der Waals surface area contributed by atoms with Crippen LogP contribution in [0, 0.1) is 10.1 Å². The summed E-state index contributed by atoms with van der Waals surface area (Å²) >= 11 is 0. The van der Waals surface area contributed by atoms with Gasteiger partial charge in [-0.05, 0) is 37.1 Å². The lowest BCUT2D eigenvalue weighted by Gasteiger charge is -2.16. The molecule has 3 rings (SSSR count). The van der Waals surface area contributed by atoms with Gasteiger partial charge in [-0.15, -0.1) is 0 Å². The molecule has 2 aromatic rings. The summed E-state index contributed by atoms with van der Waals surface area (Å²) in [6.07, 6.45) is 1.62. The van der Waals surface area contributed by atoms with Gasteiger partial charge >= 0.3 is 0 Å². The molecular weight excluding hydrogens is 386 g/mol. The van der Waals surface area contributed by atoms with Gasteiger partial charge in [0, 0.05) is 30.8 Å². The second kappa shape index (κ2) is 7.95. The van der Waals surface area contributed by atoms with Crippen molar-refractivity contribution in [3.05, 3.63) is 58.1 Å². The summed E-state index contributed by atoms with van der Waals surface area (Å²) in [7, 11) is -2.28. The summed E-state index contributed by atoms with van der Waals surface area (Å²) < 4.78 is 31.9. The van der Waals surface area contributed by atoms with Gasteiger partial charge < -0.3 is 10.1 Å². The largest absolute Gasteiger partial charge is 0.495 e. The highest BCUT2D eigenvalue weighted by Gasteiger charge is 2.27. The zero-order valence-electron chi connectivity index (χ0n) is 15.1. The van der Waals surface area contributed by atoms with Gasteiger partial charge in [-0.2, -0.15) is 4.31 Å². The van der Waals surface area contributed by atoms with E-state index < -0.39 is 20.9 Å². The third-order valence-corrected chi connectivity index (χ3v) is 6.34. The van der Waals surface area contributed by atoms with Crippen molar-refractivity contribution in [2.24, 2.45) is 0 Å². The quantitative estimate of drug-likeness (QED) is 0.583. The second-order valence-electron chi connectivity index (χ2n) is 6.23. The number of nitrogens with one attached hydrogen (secondary N) is 1. The van der Waals surface area contributed by atoms with Gasteiger partial charge in [0.05, 0.1) is 22.6 Å². The smallest absolute Gasteiger partial charge is 0.271 e. The molecule has 0 aliphatic carbocycles. The molecule has 1 aliphatic heterocycles. The topological polar surface area (TPSA) is 119 Å². The maximum atomic E-state index is 12.7. The van der Waals surface area contributed by atoms with Crippen molar-refractivity contribution in [2.45, 2.75) is 17.7 Å². The average molecular weight is 405 g/mol. The SMILES string of the molecule is COc1ccc([N+](=O)[O-])cc1NC(=O)c1cccc(S(=O)(=O)N2CCCC2)c1. The Hall–Kier alpha value is -2.98. The number of methoxy groups -OCH3 is 1. The summed E-state index contributed by atoms with van der Waals surface area (Å²) in [6.45, 7) is 0.924. The Morgan fingerprint density at radius 3 is 2.54 bits per heavy atom. The Morgan fingerprint density at radius 1 is 1.18 bits per heavy atom. The summed E-state index contributed by atoms with van der Waals surface area (Å²) in [5.41, 5.74) is 0.0322. The van der Waals surface area contributed by atoms with Gasteiger partial charge in [0.25, 0.3) is 11.6 Å². The van der Waals surface area contributed by atoms with Crippen molar-refractivity contribution < 1.29 is 22.9 Å². The first-order chi connectivity index (χ1) is 13.3. The Morgan fingerprint density at radius 2 is 1.89 bits per heavy atom. The number of sulfonamides is 1. The van der Waals surface area contributed by atoms with Crippen LogP contribution in [0.25, 0.3) is 0 Å². The van der Waals surface area contributed by atoms with Crippen molar-refractivity contribution in [2.75, 3.05) is 25.5 Å². The highest BCUT2D eigenvalue weighted by atomic mass is 32.2. The maximum absolute atomic E-state index is 12.7. The van der Waals surface area contributed by atoms with Crippen molar-refractivity contribution in [3.63, 3.8) is 0 Å². The van der Waals surface area contributed by atoms with E-state index in [2.05, 4.69) is 5.32 Å². The van der Waals surface area contributed by atoms with Crippen LogP contribution >= 0.6 is 0 Å². The zero-order chi connectivity index (χ0) is 20.3. The minimum Gasteiger partial charge on any atom is -0.495 e. The van der Waals surface area contributed by atoms with Gasteiger partial charge in [-0.25, -0.2) is 8.42 Å². The van der Waals surface area contributed by atoms with Gasteiger partial charge in [0.1, 0.15) is 5.75 Å². The number of nitrogens with zero attached hydrogens (tertiary/aromatic N) is 2. The van der Waals surface area contributed by atoms with Crippen molar-refractivity contribution in [1.29, 1.82) is 0 Å². The van der Waals surface area contributed by atoms with E-state index in [-0.39, 0.29) is 27.6 Å². The number of benzene rings is 2. The lowest BCUT2D eigenvalue weighted by molar-refractivity contribution is -0.384. The van der Waals surface area contributed by atoms with Crippen LogP contribution in [0.3, 0.4) is 0 Å². The minimum atomic E-state index is -3.66. The molecule has 1 aliphatic rings. The molecule has 10 heteroatoms. The van der Waals surface area contributed by atoms with Crippen LogP contribution in [0.1, 0.15) is 23.2 Å². The molecule has 0 radical (unpaired) electrons. The second-order valence-corrected chi connectivity index (χ2v) is 8.17. The van der Waals surface area contributed by atoms with E-state index in [1.165, 1.54) is 53.9 Å². The van der Waals surface area contributed by atoms with Gasteiger partial charge in [-0.3, -0.25) is 14.9 Å². The Kier molecular flexibility index (Phi) is 5.61. The van der Waals surface area contributed by atoms with Crippen molar-refractivity contribution >= 4 is 27.3 Å². The van der Waals surface area contributed by atoms with Crippen molar-refractivity contribution in [1.82, 2.24) is 4.31 Å². The lowest BCUT2D eigenvalue weighted by Crippen LogP contribution is -2.28. The van der Waals surface area contributed by atoms with E-state index in [1.807, 2.05) is 0 Å². The van der Waals surface area contributed by atoms with Crippen LogP contribution in [0.15, 0.2) is 47.4 Å². The van der Waals surface area contributed by atoms with Crippen molar-refractivity contribution in [3.8, 4) is 5.75 Å². The highest BCUT2D eigenvalue weighted by Crippen LogP contribution is 2.29. The predicted molar refractivity (Wildman–Crippen MR) is 102 cm³/mol. The van der Waals surface area contributed by atoms with E-state index in [4.69, 9.17) is 4.74 Å². The number of nitro benzene ring substituents is 1. The number of hydrogen-bond donors (Lipinski definition) is 1. The molecule has 0 spiro atoms. The van der Waals surface area contributed by atoms with Crippen LogP contribution in [0.5, 0.6) is 5.75 Å². The Balaban J connectivity index is 1.88. The molecule has 1 amide bonds. The first-order valence-electron chi connectivity index (χ1n) is 8.57. The molecule has 0 bridgehead atoms. The molecule has 2 aromatic carbocycles. The Labute approximate surface area is 162 Å². The monoisotopic (exact) mass is 405 g/mol. The average Bonchev–Trinajstić information content (AvgIpc) is 3.23. The molecule has 9 nitrogen and oxygen atoms in total. The fourth-order valence-electron chi connectivity index (χ4n) is 2.98. The van der Waals surface area contributed by atoms with E-state index in [0.29, 0.717) is 13.1 Å². The highest BCUT2D eigenvalue weighted by molar-refractivity contribution is 7.89. The summed E-state index contributed by atoms with van der Waals surface area (Å²) in [4.78, 5) is 23.0. The number of carbonyl (C=O) groups is 1. The fraction of sp³-hybridized carbons (Fsp3) is 0.278. The normalized spacial score (nSPS) is 14.6. The molecule has 1 fully saturated rings. The molecular formula is C18H19N3O6S. The number of nitro groups is 1. The van der Waals surface area contributed by atoms with Crippen LogP contribution in [0.4, 0.5) is 11.4 Å². The standard InChI is InChI=1S/C18H19N3O6S/c1-27-17-8-7-14(21(23)24)12-16(17)19-18(22)13-5-4-6-15(11-13)28(25,26)20-9-2-3-10-20/h4-8,11-12H,2-3,9-10H2,1H3,(H,19,22). The number of rotatable bonds is 6. The molecule has 0 unspecified atom stereocenters. The summed E-state index contributed by atoms with van der Waals surface area (Å²) in [5, 5.41) is 13.5. The van der Waals surface area contributed by atoms with E-state index in [1.54, 1.807) is 0 Å². The number of non-ortho nitro benzene ring substituents is 1. The van der Waals surface area contributed by atoms with E-state index in [9.17, 15) is 23.3 Å². The molecule has 0 atom stereocenters. The zero-order valence-corrected chi connectivity index (χ0v) is 15.9. The predicted octanol–water partition coefficient (Wildman–Crippen LogP) is 2.64. The first-order valence-corrected chi connectivity index (χ1v) is 10.0. The molecule has 0 aromatic heterocycles. The number of ether oxygens (including phenoxy) is 1. The lowest BCUT2D eigenvalue weighted by atomic mass is 10.2. The molecule has 0 saturated carbocycles.